The van der Waals surface area contributed by atoms with E-state index >= 15 is 0 Å². The number of piperazine rings is 1. The molecule has 1 rings (SSSR count). The molecular weight excluding hydrogens is 268 g/mol. The summed E-state index contributed by atoms with van der Waals surface area (Å²) in [7, 11) is -2.93. The van der Waals surface area contributed by atoms with Crippen LogP contribution < -0.4 is 5.32 Å². The third kappa shape index (κ3) is 5.46. The summed E-state index contributed by atoms with van der Waals surface area (Å²) in [5.41, 5.74) is 0. The zero-order chi connectivity index (χ0) is 14.3. The Morgan fingerprint density at radius 2 is 2.16 bits per heavy atom. The quantitative estimate of drug-likeness (QED) is 0.646. The Labute approximate surface area is 115 Å². The molecular formula is C12H24N2O4S. The maximum Gasteiger partial charge on any atom is 0.324 e. The molecule has 0 aromatic rings. The van der Waals surface area contributed by atoms with Crippen molar-refractivity contribution < 1.29 is 17.9 Å². The molecule has 1 aliphatic heterocycles. The fourth-order valence-electron chi connectivity index (χ4n) is 2.12. The first-order chi connectivity index (χ1) is 9.00. The molecule has 0 bridgehead atoms. The maximum atomic E-state index is 11.8. The Morgan fingerprint density at radius 3 is 2.79 bits per heavy atom. The normalized spacial score (nSPS) is 21.3. The van der Waals surface area contributed by atoms with Crippen molar-refractivity contribution in [2.45, 2.75) is 26.3 Å². The average Bonchev–Trinajstić information content (AvgIpc) is 2.39. The molecule has 1 unspecified atom stereocenters. The summed E-state index contributed by atoms with van der Waals surface area (Å²) < 4.78 is 27.9. The number of nitrogens with zero attached hydrogens (tertiary/aromatic N) is 1. The molecule has 1 atom stereocenters. The highest BCUT2D eigenvalue weighted by molar-refractivity contribution is 7.91. The van der Waals surface area contributed by atoms with Crippen LogP contribution in [0.3, 0.4) is 0 Å². The predicted octanol–water partition coefficient (Wildman–Crippen LogP) is -0.352. The molecule has 1 fully saturated rings. The molecule has 0 spiro atoms. The highest BCUT2D eigenvalue weighted by atomic mass is 32.2. The Kier molecular flexibility index (Phi) is 6.74. The Morgan fingerprint density at radius 1 is 1.42 bits per heavy atom. The SMILES string of the molecule is CCOC(=O)C1CNCCN1CCCS(=O)(=O)CC. The van der Waals surface area contributed by atoms with Crippen molar-refractivity contribution in [3.05, 3.63) is 0 Å². The zero-order valence-corrected chi connectivity index (χ0v) is 12.5. The fourth-order valence-corrected chi connectivity index (χ4v) is 2.97. The summed E-state index contributed by atoms with van der Waals surface area (Å²) in [4.78, 5) is 13.8. The van der Waals surface area contributed by atoms with E-state index in [0.29, 0.717) is 26.1 Å². The minimum absolute atomic E-state index is 0.176. The number of ether oxygens (including phenoxy) is 1. The number of carbonyl (C=O) groups excluding carboxylic acids is 1. The molecule has 0 aromatic heterocycles. The van der Waals surface area contributed by atoms with Gasteiger partial charge in [0.05, 0.1) is 12.4 Å². The molecule has 112 valence electrons. The van der Waals surface area contributed by atoms with Gasteiger partial charge in [0.2, 0.25) is 0 Å². The first-order valence-corrected chi connectivity index (χ1v) is 8.64. The second kappa shape index (κ2) is 7.81. The van der Waals surface area contributed by atoms with Gasteiger partial charge < -0.3 is 10.1 Å². The topological polar surface area (TPSA) is 75.7 Å². The maximum absolute atomic E-state index is 11.8. The minimum atomic E-state index is -2.93. The van der Waals surface area contributed by atoms with E-state index in [1.54, 1.807) is 13.8 Å². The first-order valence-electron chi connectivity index (χ1n) is 6.82. The number of sulfone groups is 1. The predicted molar refractivity (Wildman–Crippen MR) is 73.8 cm³/mol. The fraction of sp³-hybridized carbons (Fsp3) is 0.917. The lowest BCUT2D eigenvalue weighted by molar-refractivity contribution is -0.150. The molecule has 0 radical (unpaired) electrons. The number of hydrogen-bond donors (Lipinski definition) is 1. The number of carbonyl (C=O) groups is 1. The van der Waals surface area contributed by atoms with E-state index in [9.17, 15) is 13.2 Å². The van der Waals surface area contributed by atoms with Crippen molar-refractivity contribution in [2.24, 2.45) is 0 Å². The minimum Gasteiger partial charge on any atom is -0.465 e. The van der Waals surface area contributed by atoms with Crippen LogP contribution in [0.4, 0.5) is 0 Å². The van der Waals surface area contributed by atoms with Gasteiger partial charge in [0.1, 0.15) is 15.9 Å². The van der Waals surface area contributed by atoms with Crippen molar-refractivity contribution in [3.63, 3.8) is 0 Å². The number of rotatable bonds is 7. The number of esters is 1. The molecule has 1 aliphatic rings. The number of hydrogen-bond acceptors (Lipinski definition) is 6. The van der Waals surface area contributed by atoms with E-state index in [2.05, 4.69) is 5.32 Å². The van der Waals surface area contributed by atoms with Gasteiger partial charge >= 0.3 is 5.97 Å². The van der Waals surface area contributed by atoms with Gasteiger partial charge in [0, 0.05) is 31.9 Å². The van der Waals surface area contributed by atoms with Gasteiger partial charge in [-0.25, -0.2) is 8.42 Å². The summed E-state index contributed by atoms with van der Waals surface area (Å²) in [5, 5.41) is 3.16. The molecule has 1 heterocycles. The molecule has 0 saturated carbocycles. The van der Waals surface area contributed by atoms with Crippen LogP contribution in [-0.4, -0.2) is 69.6 Å². The van der Waals surface area contributed by atoms with Gasteiger partial charge in [-0.15, -0.1) is 0 Å². The van der Waals surface area contributed by atoms with Gasteiger partial charge in [0.25, 0.3) is 0 Å². The van der Waals surface area contributed by atoms with Crippen molar-refractivity contribution >= 4 is 15.8 Å². The lowest BCUT2D eigenvalue weighted by Crippen LogP contribution is -2.55. The molecule has 0 amide bonds. The van der Waals surface area contributed by atoms with Gasteiger partial charge in [-0.2, -0.15) is 0 Å². The molecule has 1 saturated heterocycles. The van der Waals surface area contributed by atoms with Crippen LogP contribution in [-0.2, 0) is 19.4 Å². The molecule has 1 N–H and O–H groups in total. The number of nitrogens with one attached hydrogen (secondary N) is 1. The highest BCUT2D eigenvalue weighted by Crippen LogP contribution is 2.07. The van der Waals surface area contributed by atoms with Crippen molar-refractivity contribution in [1.82, 2.24) is 10.2 Å². The molecule has 7 heteroatoms. The summed E-state index contributed by atoms with van der Waals surface area (Å²) in [6, 6.07) is -0.293. The monoisotopic (exact) mass is 292 g/mol. The van der Waals surface area contributed by atoms with Gasteiger partial charge in [0.15, 0.2) is 0 Å². The van der Waals surface area contributed by atoms with Gasteiger partial charge in [-0.3, -0.25) is 9.69 Å². The lowest BCUT2D eigenvalue weighted by Gasteiger charge is -2.34. The van der Waals surface area contributed by atoms with Gasteiger partial charge in [-0.1, -0.05) is 6.92 Å². The summed E-state index contributed by atoms with van der Waals surface area (Å²) >= 11 is 0. The third-order valence-corrected chi connectivity index (χ3v) is 5.04. The summed E-state index contributed by atoms with van der Waals surface area (Å²) in [5.74, 6) is 0.131. The Hall–Kier alpha value is -0.660. The van der Waals surface area contributed by atoms with E-state index in [1.165, 1.54) is 0 Å². The second-order valence-electron chi connectivity index (χ2n) is 4.60. The van der Waals surface area contributed by atoms with Crippen LogP contribution in [0.2, 0.25) is 0 Å². The summed E-state index contributed by atoms with van der Waals surface area (Å²) in [6.45, 7) is 6.55. The van der Waals surface area contributed by atoms with Crippen LogP contribution in [0.1, 0.15) is 20.3 Å². The molecule has 19 heavy (non-hydrogen) atoms. The second-order valence-corrected chi connectivity index (χ2v) is 7.07. The van der Waals surface area contributed by atoms with Crippen LogP contribution in [0.15, 0.2) is 0 Å². The van der Waals surface area contributed by atoms with Crippen LogP contribution >= 0.6 is 0 Å². The first kappa shape index (κ1) is 16.4. The Bertz CT molecular complexity index is 383. The van der Waals surface area contributed by atoms with Crippen molar-refractivity contribution in [1.29, 1.82) is 0 Å². The third-order valence-electron chi connectivity index (χ3n) is 3.25. The van der Waals surface area contributed by atoms with Crippen LogP contribution in [0, 0.1) is 0 Å². The Balaban J connectivity index is 2.47. The average molecular weight is 292 g/mol. The van der Waals surface area contributed by atoms with Gasteiger partial charge in [-0.05, 0) is 13.3 Å². The smallest absolute Gasteiger partial charge is 0.324 e. The molecule has 6 nitrogen and oxygen atoms in total. The highest BCUT2D eigenvalue weighted by Gasteiger charge is 2.29. The van der Waals surface area contributed by atoms with Crippen molar-refractivity contribution in [3.8, 4) is 0 Å². The van der Waals surface area contributed by atoms with Crippen LogP contribution in [0.5, 0.6) is 0 Å². The molecule has 0 aliphatic carbocycles. The van der Waals surface area contributed by atoms with E-state index < -0.39 is 9.84 Å². The largest absolute Gasteiger partial charge is 0.465 e. The van der Waals surface area contributed by atoms with E-state index in [4.69, 9.17) is 4.74 Å². The van der Waals surface area contributed by atoms with E-state index in [1.807, 2.05) is 4.90 Å². The van der Waals surface area contributed by atoms with Crippen molar-refractivity contribution in [2.75, 3.05) is 44.3 Å². The zero-order valence-electron chi connectivity index (χ0n) is 11.7. The van der Waals surface area contributed by atoms with Crippen LogP contribution in [0.25, 0.3) is 0 Å². The standard InChI is InChI=1S/C12H24N2O4S/c1-3-18-12(15)11-10-13-6-8-14(11)7-5-9-19(16,17)4-2/h11,13H,3-10H2,1-2H3. The van der Waals surface area contributed by atoms with E-state index in [0.717, 1.165) is 13.1 Å². The lowest BCUT2D eigenvalue weighted by atomic mass is 10.2. The summed E-state index contributed by atoms with van der Waals surface area (Å²) in [6.07, 6.45) is 0.562. The molecule has 0 aromatic carbocycles. The van der Waals surface area contributed by atoms with E-state index in [-0.39, 0.29) is 23.5 Å².